The average molecular weight is 398 g/mol. The number of methoxy groups -OCH3 is 1. The van der Waals surface area contributed by atoms with E-state index >= 15 is 0 Å². The van der Waals surface area contributed by atoms with E-state index in [0.29, 0.717) is 22.4 Å². The molecule has 3 aromatic rings. The van der Waals surface area contributed by atoms with Gasteiger partial charge in [0, 0.05) is 36.3 Å². The molecule has 0 radical (unpaired) electrons. The lowest BCUT2D eigenvalue weighted by Crippen LogP contribution is -2.31. The zero-order valence-electron chi connectivity index (χ0n) is 15.9. The number of hydrogen-bond acceptors (Lipinski definition) is 6. The number of benzene rings is 2. The smallest absolute Gasteiger partial charge is 0.314 e. The van der Waals surface area contributed by atoms with Gasteiger partial charge >= 0.3 is 11.1 Å². The first-order valence-electron chi connectivity index (χ1n) is 8.55. The molecule has 0 aliphatic carbocycles. The number of rotatable bonds is 5. The van der Waals surface area contributed by atoms with Crippen LogP contribution >= 0.6 is 0 Å². The van der Waals surface area contributed by atoms with Crippen molar-refractivity contribution in [1.82, 2.24) is 14.9 Å². The Balaban J connectivity index is 2.07. The van der Waals surface area contributed by atoms with Crippen molar-refractivity contribution < 1.29 is 14.5 Å². The Bertz CT molecular complexity index is 1230. The molecule has 0 atom stereocenters. The number of fused-ring (bicyclic) bond motifs is 1. The van der Waals surface area contributed by atoms with E-state index in [-0.39, 0.29) is 29.2 Å². The SMILES string of the molecule is COc1ccc(C(=O)N(C)Cc2c(C)c([N+](=O)[O-])cc3[nH]c(=O)c(=O)[nH]c23)cc1. The molecule has 0 aliphatic heterocycles. The molecule has 150 valence electrons. The van der Waals surface area contributed by atoms with Crippen LogP contribution in [0.3, 0.4) is 0 Å². The molecule has 2 aromatic carbocycles. The first-order valence-corrected chi connectivity index (χ1v) is 8.55. The molecule has 0 fully saturated rings. The number of aromatic amines is 2. The van der Waals surface area contributed by atoms with E-state index in [2.05, 4.69) is 9.97 Å². The highest BCUT2D eigenvalue weighted by Gasteiger charge is 2.22. The maximum atomic E-state index is 12.8. The molecule has 2 N–H and O–H groups in total. The summed E-state index contributed by atoms with van der Waals surface area (Å²) in [4.78, 5) is 53.2. The lowest BCUT2D eigenvalue weighted by atomic mass is 10.0. The van der Waals surface area contributed by atoms with Gasteiger partial charge < -0.3 is 19.6 Å². The van der Waals surface area contributed by atoms with Crippen molar-refractivity contribution in [3.8, 4) is 5.75 Å². The van der Waals surface area contributed by atoms with Crippen LogP contribution in [0.1, 0.15) is 21.5 Å². The Morgan fingerprint density at radius 2 is 1.79 bits per heavy atom. The van der Waals surface area contributed by atoms with Crippen LogP contribution in [0.4, 0.5) is 5.69 Å². The van der Waals surface area contributed by atoms with Gasteiger partial charge in [0.15, 0.2) is 0 Å². The number of nitro benzene ring substituents is 1. The third-order valence-electron chi connectivity index (χ3n) is 4.66. The highest BCUT2D eigenvalue weighted by Crippen LogP contribution is 2.28. The number of nitro groups is 1. The molecular weight excluding hydrogens is 380 g/mol. The van der Waals surface area contributed by atoms with Crippen molar-refractivity contribution in [3.63, 3.8) is 0 Å². The van der Waals surface area contributed by atoms with Crippen molar-refractivity contribution in [2.75, 3.05) is 14.2 Å². The number of aromatic nitrogens is 2. The molecule has 1 aromatic heterocycles. The number of amides is 1. The zero-order valence-corrected chi connectivity index (χ0v) is 15.9. The van der Waals surface area contributed by atoms with Gasteiger partial charge in [-0.05, 0) is 31.2 Å². The molecule has 0 saturated heterocycles. The zero-order chi connectivity index (χ0) is 21.3. The molecule has 0 spiro atoms. The summed E-state index contributed by atoms with van der Waals surface area (Å²) < 4.78 is 5.07. The number of nitrogens with zero attached hydrogens (tertiary/aromatic N) is 2. The van der Waals surface area contributed by atoms with Gasteiger partial charge in [0.2, 0.25) is 0 Å². The van der Waals surface area contributed by atoms with E-state index < -0.39 is 16.0 Å². The minimum absolute atomic E-state index is 0.0170. The second kappa shape index (κ2) is 7.58. The summed E-state index contributed by atoms with van der Waals surface area (Å²) in [5, 5.41) is 11.4. The second-order valence-electron chi connectivity index (χ2n) is 6.48. The van der Waals surface area contributed by atoms with Gasteiger partial charge in [-0.3, -0.25) is 24.5 Å². The lowest BCUT2D eigenvalue weighted by Gasteiger charge is -2.20. The van der Waals surface area contributed by atoms with Crippen LogP contribution in [0.5, 0.6) is 5.75 Å². The van der Waals surface area contributed by atoms with Crippen molar-refractivity contribution >= 4 is 22.6 Å². The molecule has 1 amide bonds. The monoisotopic (exact) mass is 398 g/mol. The van der Waals surface area contributed by atoms with Crippen LogP contribution in [-0.4, -0.2) is 39.9 Å². The summed E-state index contributed by atoms with van der Waals surface area (Å²) in [5.74, 6) is 0.282. The standard InChI is InChI=1S/C19H18N4O6/c1-10-13(9-22(2)19(26)11-4-6-12(29-3)7-5-11)16-14(8-15(10)23(27)28)20-17(24)18(25)21-16/h4-8H,9H2,1-3H3,(H,20,24)(H,21,25). The maximum Gasteiger partial charge on any atom is 0.314 e. The van der Waals surface area contributed by atoms with Crippen molar-refractivity contribution in [2.45, 2.75) is 13.5 Å². The number of ether oxygens (including phenoxy) is 1. The van der Waals surface area contributed by atoms with Crippen LogP contribution in [0.25, 0.3) is 11.0 Å². The van der Waals surface area contributed by atoms with Crippen LogP contribution in [0, 0.1) is 17.0 Å². The molecule has 0 aliphatic rings. The molecule has 3 rings (SSSR count). The second-order valence-corrected chi connectivity index (χ2v) is 6.48. The van der Waals surface area contributed by atoms with E-state index in [0.717, 1.165) is 0 Å². The normalized spacial score (nSPS) is 10.7. The Hall–Kier alpha value is -3.95. The van der Waals surface area contributed by atoms with Crippen molar-refractivity contribution in [1.29, 1.82) is 0 Å². The fourth-order valence-corrected chi connectivity index (χ4v) is 3.06. The molecular formula is C19H18N4O6. The predicted octanol–water partition coefficient (Wildman–Crippen LogP) is 1.71. The summed E-state index contributed by atoms with van der Waals surface area (Å²) in [6, 6.07) is 7.70. The fraction of sp³-hybridized carbons (Fsp3) is 0.211. The summed E-state index contributed by atoms with van der Waals surface area (Å²) in [6.45, 7) is 1.51. The van der Waals surface area contributed by atoms with Gasteiger partial charge in [0.1, 0.15) is 5.75 Å². The van der Waals surface area contributed by atoms with Crippen molar-refractivity contribution in [3.05, 3.63) is 77.8 Å². The summed E-state index contributed by atoms with van der Waals surface area (Å²) in [6.07, 6.45) is 0. The topological polar surface area (TPSA) is 138 Å². The van der Waals surface area contributed by atoms with Gasteiger partial charge in [0.05, 0.1) is 23.1 Å². The Kier molecular flexibility index (Phi) is 5.18. The molecule has 0 saturated carbocycles. The Morgan fingerprint density at radius 1 is 1.17 bits per heavy atom. The molecule has 0 bridgehead atoms. The third kappa shape index (κ3) is 3.72. The summed E-state index contributed by atoms with van der Waals surface area (Å²) in [5.41, 5.74) is -0.589. The van der Waals surface area contributed by atoms with E-state index in [9.17, 15) is 24.5 Å². The molecule has 0 unspecified atom stereocenters. The van der Waals surface area contributed by atoms with E-state index in [1.165, 1.54) is 25.0 Å². The molecule has 10 nitrogen and oxygen atoms in total. The number of carbonyl (C=O) groups is 1. The van der Waals surface area contributed by atoms with Gasteiger partial charge in [-0.15, -0.1) is 0 Å². The molecule has 29 heavy (non-hydrogen) atoms. The summed E-state index contributed by atoms with van der Waals surface area (Å²) in [7, 11) is 3.06. The van der Waals surface area contributed by atoms with Crippen LogP contribution in [0.15, 0.2) is 39.9 Å². The Morgan fingerprint density at radius 3 is 2.38 bits per heavy atom. The lowest BCUT2D eigenvalue weighted by molar-refractivity contribution is -0.385. The van der Waals surface area contributed by atoms with Gasteiger partial charge in [-0.1, -0.05) is 0 Å². The number of H-pyrrole nitrogens is 2. The highest BCUT2D eigenvalue weighted by molar-refractivity contribution is 5.94. The van der Waals surface area contributed by atoms with Crippen LogP contribution in [0.2, 0.25) is 0 Å². The minimum atomic E-state index is -0.913. The van der Waals surface area contributed by atoms with E-state index in [1.54, 1.807) is 31.3 Å². The van der Waals surface area contributed by atoms with Gasteiger partial charge in [0.25, 0.3) is 11.6 Å². The predicted molar refractivity (Wildman–Crippen MR) is 105 cm³/mol. The molecule has 10 heteroatoms. The third-order valence-corrected chi connectivity index (χ3v) is 4.66. The number of carbonyl (C=O) groups excluding carboxylic acids is 1. The summed E-state index contributed by atoms with van der Waals surface area (Å²) >= 11 is 0. The van der Waals surface area contributed by atoms with Crippen molar-refractivity contribution in [2.24, 2.45) is 0 Å². The van der Waals surface area contributed by atoms with E-state index in [4.69, 9.17) is 4.74 Å². The van der Waals surface area contributed by atoms with E-state index in [1.807, 2.05) is 0 Å². The number of hydrogen-bond donors (Lipinski definition) is 2. The van der Waals surface area contributed by atoms with Crippen LogP contribution in [-0.2, 0) is 6.54 Å². The van der Waals surface area contributed by atoms with Gasteiger partial charge in [-0.2, -0.15) is 0 Å². The average Bonchev–Trinajstić information content (AvgIpc) is 2.70. The quantitative estimate of drug-likeness (QED) is 0.381. The van der Waals surface area contributed by atoms with Crippen LogP contribution < -0.4 is 15.9 Å². The largest absolute Gasteiger partial charge is 0.497 e. The highest BCUT2D eigenvalue weighted by atomic mass is 16.6. The fourth-order valence-electron chi connectivity index (χ4n) is 3.06. The number of nitrogens with one attached hydrogen (secondary N) is 2. The Labute approximate surface area is 163 Å². The maximum absolute atomic E-state index is 12.8. The minimum Gasteiger partial charge on any atom is -0.497 e. The first kappa shape index (κ1) is 19.8. The van der Waals surface area contributed by atoms with Gasteiger partial charge in [-0.25, -0.2) is 0 Å². The first-order chi connectivity index (χ1) is 13.7. The molecule has 1 heterocycles.